The fourth-order valence-electron chi connectivity index (χ4n) is 2.22. The first-order valence-corrected chi connectivity index (χ1v) is 6.84. The number of alkyl halides is 1. The van der Waals surface area contributed by atoms with Crippen molar-refractivity contribution in [2.24, 2.45) is 5.73 Å². The third-order valence-electron chi connectivity index (χ3n) is 3.31. The maximum Gasteiger partial charge on any atom is 0.164 e. The molecule has 0 bridgehead atoms. The summed E-state index contributed by atoms with van der Waals surface area (Å²) in [7, 11) is 0. The molecule has 4 heteroatoms. The molecule has 0 radical (unpaired) electrons. The van der Waals surface area contributed by atoms with E-state index in [4.69, 9.17) is 15.2 Å². The Balaban J connectivity index is 2.32. The van der Waals surface area contributed by atoms with E-state index in [2.05, 4.69) is 0 Å². The lowest BCUT2D eigenvalue weighted by Gasteiger charge is -2.25. The van der Waals surface area contributed by atoms with Crippen LogP contribution in [-0.4, -0.2) is 19.8 Å². The van der Waals surface area contributed by atoms with Crippen LogP contribution in [0, 0.1) is 0 Å². The highest BCUT2D eigenvalue weighted by atomic mass is 19.1. The molecule has 19 heavy (non-hydrogen) atoms. The quantitative estimate of drug-likeness (QED) is 0.834. The van der Waals surface area contributed by atoms with Crippen LogP contribution in [-0.2, 0) is 12.1 Å². The molecule has 0 fully saturated rings. The number of ether oxygens (including phenoxy) is 2. The zero-order valence-electron chi connectivity index (χ0n) is 11.7. The van der Waals surface area contributed by atoms with Crippen molar-refractivity contribution < 1.29 is 13.9 Å². The average Bonchev–Trinajstić information content (AvgIpc) is 2.37. The van der Waals surface area contributed by atoms with Crippen LogP contribution in [0.4, 0.5) is 4.39 Å². The topological polar surface area (TPSA) is 44.5 Å². The second-order valence-corrected chi connectivity index (χ2v) is 5.38. The smallest absolute Gasteiger partial charge is 0.164 e. The second kappa shape index (κ2) is 5.78. The second-order valence-electron chi connectivity index (χ2n) is 5.38. The summed E-state index contributed by atoms with van der Waals surface area (Å²) in [6, 6.07) is 3.64. The summed E-state index contributed by atoms with van der Waals surface area (Å²) in [6.07, 6.45) is 2.77. The molecule has 2 rings (SSSR count). The summed E-state index contributed by atoms with van der Waals surface area (Å²) in [5.74, 6) is 1.44. The Morgan fingerprint density at radius 1 is 1.21 bits per heavy atom. The van der Waals surface area contributed by atoms with Gasteiger partial charge in [0.1, 0.15) is 18.9 Å². The van der Waals surface area contributed by atoms with E-state index in [9.17, 15) is 4.39 Å². The summed E-state index contributed by atoms with van der Waals surface area (Å²) >= 11 is 0. The Kier molecular flexibility index (Phi) is 4.30. The van der Waals surface area contributed by atoms with E-state index in [1.165, 1.54) is 0 Å². The highest BCUT2D eigenvalue weighted by molar-refractivity contribution is 5.51. The van der Waals surface area contributed by atoms with Crippen LogP contribution >= 0.6 is 0 Å². The lowest BCUT2D eigenvalue weighted by molar-refractivity contribution is 0.167. The van der Waals surface area contributed by atoms with E-state index < -0.39 is 5.67 Å². The summed E-state index contributed by atoms with van der Waals surface area (Å²) in [6.45, 7) is 4.86. The van der Waals surface area contributed by atoms with Crippen molar-refractivity contribution >= 4 is 0 Å². The molecule has 1 aromatic rings. The third kappa shape index (κ3) is 3.38. The molecule has 0 unspecified atom stereocenters. The SMILES string of the molecule is CC(C)(F)c1cc(CCCCN)c2c(c1)OCCO2. The van der Waals surface area contributed by atoms with E-state index >= 15 is 0 Å². The summed E-state index contributed by atoms with van der Waals surface area (Å²) in [5, 5.41) is 0. The number of nitrogens with two attached hydrogens (primary N) is 1. The fourth-order valence-corrected chi connectivity index (χ4v) is 2.22. The number of benzene rings is 1. The Labute approximate surface area is 113 Å². The fraction of sp³-hybridized carbons (Fsp3) is 0.600. The summed E-state index contributed by atoms with van der Waals surface area (Å²) < 4.78 is 25.4. The molecule has 0 saturated heterocycles. The van der Waals surface area contributed by atoms with E-state index in [0.29, 0.717) is 31.1 Å². The molecule has 0 amide bonds. The minimum Gasteiger partial charge on any atom is -0.486 e. The van der Waals surface area contributed by atoms with Gasteiger partial charge in [0.25, 0.3) is 0 Å². The molecule has 1 aliphatic rings. The van der Waals surface area contributed by atoms with Gasteiger partial charge in [-0.15, -0.1) is 0 Å². The minimum atomic E-state index is -1.38. The number of fused-ring (bicyclic) bond motifs is 1. The first-order valence-electron chi connectivity index (χ1n) is 6.84. The molecule has 0 aromatic heterocycles. The Morgan fingerprint density at radius 3 is 2.63 bits per heavy atom. The maximum absolute atomic E-state index is 14.1. The van der Waals surface area contributed by atoms with E-state index in [1.807, 2.05) is 6.07 Å². The van der Waals surface area contributed by atoms with Crippen LogP contribution in [0.1, 0.15) is 37.8 Å². The van der Waals surface area contributed by atoms with Crippen LogP contribution in [0.2, 0.25) is 0 Å². The van der Waals surface area contributed by atoms with Gasteiger partial charge < -0.3 is 15.2 Å². The van der Waals surface area contributed by atoms with Gasteiger partial charge in [0.15, 0.2) is 11.5 Å². The number of hydrogen-bond acceptors (Lipinski definition) is 3. The first kappa shape index (κ1) is 14.1. The molecule has 1 heterocycles. The molecule has 0 atom stereocenters. The normalized spacial score (nSPS) is 14.5. The molecule has 0 aliphatic carbocycles. The largest absolute Gasteiger partial charge is 0.486 e. The zero-order chi connectivity index (χ0) is 13.9. The van der Waals surface area contributed by atoms with Crippen LogP contribution in [0.15, 0.2) is 12.1 Å². The predicted molar refractivity (Wildman–Crippen MR) is 73.6 cm³/mol. The van der Waals surface area contributed by atoms with E-state index in [-0.39, 0.29) is 0 Å². The molecule has 0 saturated carbocycles. The van der Waals surface area contributed by atoms with Gasteiger partial charge in [-0.05, 0) is 62.9 Å². The Morgan fingerprint density at radius 2 is 1.95 bits per heavy atom. The van der Waals surface area contributed by atoms with Gasteiger partial charge in [-0.1, -0.05) is 0 Å². The highest BCUT2D eigenvalue weighted by Gasteiger charge is 2.25. The third-order valence-corrected chi connectivity index (χ3v) is 3.31. The molecular weight excluding hydrogens is 245 g/mol. The van der Waals surface area contributed by atoms with Crippen molar-refractivity contribution in [2.75, 3.05) is 19.8 Å². The molecule has 0 spiro atoms. The molecule has 2 N–H and O–H groups in total. The summed E-state index contributed by atoms with van der Waals surface area (Å²) in [4.78, 5) is 0. The van der Waals surface area contributed by atoms with Gasteiger partial charge in [0, 0.05) is 0 Å². The monoisotopic (exact) mass is 267 g/mol. The van der Waals surface area contributed by atoms with Crippen molar-refractivity contribution in [3.05, 3.63) is 23.3 Å². The Bertz CT molecular complexity index is 441. The van der Waals surface area contributed by atoms with Crippen LogP contribution in [0.3, 0.4) is 0 Å². The molecule has 106 valence electrons. The summed E-state index contributed by atoms with van der Waals surface area (Å²) in [5.41, 5.74) is 5.80. The van der Waals surface area contributed by atoms with Gasteiger partial charge in [0.05, 0.1) is 0 Å². The average molecular weight is 267 g/mol. The zero-order valence-corrected chi connectivity index (χ0v) is 11.7. The highest BCUT2D eigenvalue weighted by Crippen LogP contribution is 2.39. The maximum atomic E-state index is 14.1. The lowest BCUT2D eigenvalue weighted by atomic mass is 9.95. The predicted octanol–water partition coefficient (Wildman–Crippen LogP) is 2.94. The number of hydrogen-bond donors (Lipinski definition) is 1. The van der Waals surface area contributed by atoms with Crippen molar-refractivity contribution in [2.45, 2.75) is 38.8 Å². The lowest BCUT2D eigenvalue weighted by Crippen LogP contribution is -2.19. The minimum absolute atomic E-state index is 0.519. The number of aryl methyl sites for hydroxylation is 1. The molecule has 3 nitrogen and oxygen atoms in total. The van der Waals surface area contributed by atoms with Gasteiger partial charge >= 0.3 is 0 Å². The standard InChI is InChI=1S/C15H22FNO2/c1-15(2,16)12-9-11(5-3-4-6-17)14-13(10-12)18-7-8-19-14/h9-10H,3-8,17H2,1-2H3. The van der Waals surface area contributed by atoms with Crippen molar-refractivity contribution in [1.29, 1.82) is 0 Å². The van der Waals surface area contributed by atoms with E-state index in [0.717, 1.165) is 30.6 Å². The van der Waals surface area contributed by atoms with Crippen LogP contribution in [0.5, 0.6) is 11.5 Å². The molecule has 1 aliphatic heterocycles. The van der Waals surface area contributed by atoms with Crippen molar-refractivity contribution in [1.82, 2.24) is 0 Å². The number of unbranched alkanes of at least 4 members (excludes halogenated alkanes) is 1. The van der Waals surface area contributed by atoms with Gasteiger partial charge in [-0.2, -0.15) is 0 Å². The van der Waals surface area contributed by atoms with Crippen molar-refractivity contribution in [3.8, 4) is 11.5 Å². The molecular formula is C15H22FNO2. The van der Waals surface area contributed by atoms with Crippen LogP contribution in [0.25, 0.3) is 0 Å². The Hall–Kier alpha value is -1.29. The van der Waals surface area contributed by atoms with Gasteiger partial charge in [-0.3, -0.25) is 0 Å². The number of rotatable bonds is 5. The van der Waals surface area contributed by atoms with Crippen molar-refractivity contribution in [3.63, 3.8) is 0 Å². The van der Waals surface area contributed by atoms with Crippen LogP contribution < -0.4 is 15.2 Å². The number of halogens is 1. The van der Waals surface area contributed by atoms with Gasteiger partial charge in [0.2, 0.25) is 0 Å². The molecule has 1 aromatic carbocycles. The van der Waals surface area contributed by atoms with Gasteiger partial charge in [-0.25, -0.2) is 4.39 Å². The first-order chi connectivity index (χ1) is 9.02. The van der Waals surface area contributed by atoms with E-state index in [1.54, 1.807) is 19.9 Å².